The van der Waals surface area contributed by atoms with Gasteiger partial charge in [0.05, 0.1) is 6.61 Å². The zero-order valence-corrected chi connectivity index (χ0v) is 12.2. The number of nitrogens with zero attached hydrogens (tertiary/aromatic N) is 1. The molecule has 3 nitrogen and oxygen atoms in total. The molecular formula is C17H22N2O. The molecule has 0 radical (unpaired) electrons. The molecule has 2 rings (SSSR count). The Kier molecular flexibility index (Phi) is 5.56. The first kappa shape index (κ1) is 14.5. The molecule has 1 unspecified atom stereocenters. The number of benzene rings is 1. The molecule has 0 saturated carbocycles. The van der Waals surface area contributed by atoms with E-state index >= 15 is 0 Å². The van der Waals surface area contributed by atoms with E-state index in [2.05, 4.69) is 41.5 Å². The first-order valence-electron chi connectivity index (χ1n) is 7.18. The van der Waals surface area contributed by atoms with Gasteiger partial charge in [0.2, 0.25) is 0 Å². The molecule has 0 aliphatic heterocycles. The lowest BCUT2D eigenvalue weighted by Gasteiger charge is -2.19. The van der Waals surface area contributed by atoms with Crippen molar-refractivity contribution >= 4 is 0 Å². The maximum absolute atomic E-state index is 5.49. The van der Waals surface area contributed by atoms with Crippen LogP contribution in [0.25, 0.3) is 0 Å². The van der Waals surface area contributed by atoms with E-state index in [1.807, 2.05) is 31.5 Å². The van der Waals surface area contributed by atoms with Crippen LogP contribution in [0.4, 0.5) is 0 Å². The topological polar surface area (TPSA) is 34.2 Å². The van der Waals surface area contributed by atoms with Crippen molar-refractivity contribution in [2.24, 2.45) is 0 Å². The maximum atomic E-state index is 5.49. The zero-order valence-electron chi connectivity index (χ0n) is 12.2. The van der Waals surface area contributed by atoms with Crippen molar-refractivity contribution in [3.63, 3.8) is 0 Å². The zero-order chi connectivity index (χ0) is 14.2. The quantitative estimate of drug-likeness (QED) is 0.837. The van der Waals surface area contributed by atoms with Crippen molar-refractivity contribution in [3.8, 4) is 5.75 Å². The van der Waals surface area contributed by atoms with Crippen LogP contribution < -0.4 is 10.1 Å². The Bertz CT molecular complexity index is 496. The van der Waals surface area contributed by atoms with Gasteiger partial charge in [0.15, 0.2) is 0 Å². The summed E-state index contributed by atoms with van der Waals surface area (Å²) in [5, 5.41) is 3.54. The van der Waals surface area contributed by atoms with Crippen LogP contribution in [0.3, 0.4) is 0 Å². The summed E-state index contributed by atoms with van der Waals surface area (Å²) in [6, 6.07) is 12.8. The van der Waals surface area contributed by atoms with E-state index in [9.17, 15) is 0 Å². The minimum atomic E-state index is 0.318. The fraction of sp³-hybridized carbons (Fsp3) is 0.353. The fourth-order valence-electron chi connectivity index (χ4n) is 2.27. The summed E-state index contributed by atoms with van der Waals surface area (Å²) in [6.07, 6.45) is 4.65. The summed E-state index contributed by atoms with van der Waals surface area (Å²) in [5.41, 5.74) is 2.58. The third-order valence-corrected chi connectivity index (χ3v) is 3.23. The lowest BCUT2D eigenvalue weighted by atomic mass is 9.99. The molecule has 0 amide bonds. The molecule has 1 heterocycles. The molecular weight excluding hydrogens is 248 g/mol. The third kappa shape index (κ3) is 4.07. The number of nitrogens with one attached hydrogen (secondary N) is 1. The van der Waals surface area contributed by atoms with E-state index in [4.69, 9.17) is 4.74 Å². The summed E-state index contributed by atoms with van der Waals surface area (Å²) in [4.78, 5) is 4.07. The highest BCUT2D eigenvalue weighted by Gasteiger charge is 2.11. The number of rotatable bonds is 7. The molecule has 0 aliphatic rings. The summed E-state index contributed by atoms with van der Waals surface area (Å²) in [6.45, 7) is 5.78. The molecule has 106 valence electrons. The van der Waals surface area contributed by atoms with Crippen molar-refractivity contribution in [3.05, 3.63) is 59.9 Å². The highest BCUT2D eigenvalue weighted by Crippen LogP contribution is 2.21. The minimum Gasteiger partial charge on any atom is -0.494 e. The fourth-order valence-corrected chi connectivity index (χ4v) is 2.27. The van der Waals surface area contributed by atoms with Gasteiger partial charge in [-0.15, -0.1) is 0 Å². The molecule has 0 fully saturated rings. The van der Waals surface area contributed by atoms with Crippen LogP contribution in [-0.2, 0) is 6.42 Å². The monoisotopic (exact) mass is 270 g/mol. The van der Waals surface area contributed by atoms with Gasteiger partial charge in [0.25, 0.3) is 0 Å². The van der Waals surface area contributed by atoms with E-state index in [0.29, 0.717) is 12.6 Å². The van der Waals surface area contributed by atoms with Crippen molar-refractivity contribution in [1.29, 1.82) is 0 Å². The highest BCUT2D eigenvalue weighted by atomic mass is 16.5. The normalized spacial score (nSPS) is 12.1. The Hall–Kier alpha value is -1.87. The summed E-state index contributed by atoms with van der Waals surface area (Å²) < 4.78 is 5.49. The molecule has 3 heteroatoms. The van der Waals surface area contributed by atoms with Crippen LogP contribution in [0.15, 0.2) is 48.8 Å². The Morgan fingerprint density at radius 3 is 2.35 bits per heavy atom. The SMILES string of the molecule is CCNC(Cc1ccncc1)c1ccc(OCC)cc1. The molecule has 20 heavy (non-hydrogen) atoms. The van der Waals surface area contributed by atoms with Gasteiger partial charge in [-0.3, -0.25) is 4.98 Å². The lowest BCUT2D eigenvalue weighted by molar-refractivity contribution is 0.340. The number of ether oxygens (including phenoxy) is 1. The van der Waals surface area contributed by atoms with Gasteiger partial charge in [-0.1, -0.05) is 19.1 Å². The Morgan fingerprint density at radius 1 is 1.05 bits per heavy atom. The molecule has 2 aromatic rings. The Balaban J connectivity index is 2.11. The minimum absolute atomic E-state index is 0.318. The van der Waals surface area contributed by atoms with Gasteiger partial charge >= 0.3 is 0 Å². The second-order valence-corrected chi connectivity index (χ2v) is 4.67. The third-order valence-electron chi connectivity index (χ3n) is 3.23. The van der Waals surface area contributed by atoms with E-state index in [0.717, 1.165) is 18.7 Å². The number of likely N-dealkylation sites (N-methyl/N-ethyl adjacent to an activating group) is 1. The lowest BCUT2D eigenvalue weighted by Crippen LogP contribution is -2.22. The van der Waals surface area contributed by atoms with E-state index in [-0.39, 0.29) is 0 Å². The van der Waals surface area contributed by atoms with Crippen LogP contribution in [0.1, 0.15) is 31.0 Å². The van der Waals surface area contributed by atoms with Crippen LogP contribution >= 0.6 is 0 Å². The van der Waals surface area contributed by atoms with Crippen LogP contribution in [0.5, 0.6) is 5.75 Å². The molecule has 1 atom stereocenters. The first-order chi connectivity index (χ1) is 9.83. The highest BCUT2D eigenvalue weighted by molar-refractivity contribution is 5.30. The van der Waals surface area contributed by atoms with Gasteiger partial charge < -0.3 is 10.1 Å². The molecule has 0 saturated heterocycles. The number of hydrogen-bond acceptors (Lipinski definition) is 3. The van der Waals surface area contributed by atoms with E-state index in [1.54, 1.807) is 0 Å². The average Bonchev–Trinajstić information content (AvgIpc) is 2.49. The number of aromatic nitrogens is 1. The number of hydrogen-bond donors (Lipinski definition) is 1. The van der Waals surface area contributed by atoms with Gasteiger partial charge in [0, 0.05) is 18.4 Å². The van der Waals surface area contributed by atoms with E-state index < -0.39 is 0 Å². The standard InChI is InChI=1S/C17H22N2O/c1-3-19-17(13-14-9-11-18-12-10-14)15-5-7-16(8-6-15)20-4-2/h5-12,17,19H,3-4,13H2,1-2H3. The van der Waals surface area contributed by atoms with Gasteiger partial charge in [-0.25, -0.2) is 0 Å². The van der Waals surface area contributed by atoms with Crippen LogP contribution in [0.2, 0.25) is 0 Å². The largest absolute Gasteiger partial charge is 0.494 e. The molecule has 1 aromatic heterocycles. The number of pyridine rings is 1. The second-order valence-electron chi connectivity index (χ2n) is 4.67. The Morgan fingerprint density at radius 2 is 1.75 bits per heavy atom. The molecule has 0 aliphatic carbocycles. The Labute approximate surface area is 121 Å². The van der Waals surface area contributed by atoms with Gasteiger partial charge in [-0.05, 0) is 55.3 Å². The van der Waals surface area contributed by atoms with Gasteiger partial charge in [0.1, 0.15) is 5.75 Å². The van der Waals surface area contributed by atoms with E-state index in [1.165, 1.54) is 11.1 Å². The van der Waals surface area contributed by atoms with Crippen molar-refractivity contribution in [2.45, 2.75) is 26.3 Å². The predicted octanol–water partition coefficient (Wildman–Crippen LogP) is 3.37. The average molecular weight is 270 g/mol. The maximum Gasteiger partial charge on any atom is 0.119 e. The van der Waals surface area contributed by atoms with Crippen LogP contribution in [0, 0.1) is 0 Å². The summed E-state index contributed by atoms with van der Waals surface area (Å²) in [7, 11) is 0. The summed E-state index contributed by atoms with van der Waals surface area (Å²) in [5.74, 6) is 0.926. The molecule has 0 bridgehead atoms. The van der Waals surface area contributed by atoms with Crippen molar-refractivity contribution in [1.82, 2.24) is 10.3 Å². The molecule has 0 spiro atoms. The van der Waals surface area contributed by atoms with Crippen molar-refractivity contribution < 1.29 is 4.74 Å². The predicted molar refractivity (Wildman–Crippen MR) is 82.0 cm³/mol. The van der Waals surface area contributed by atoms with Crippen molar-refractivity contribution in [2.75, 3.05) is 13.2 Å². The summed E-state index contributed by atoms with van der Waals surface area (Å²) >= 11 is 0. The first-order valence-corrected chi connectivity index (χ1v) is 7.18. The smallest absolute Gasteiger partial charge is 0.119 e. The van der Waals surface area contributed by atoms with Crippen LogP contribution in [-0.4, -0.2) is 18.1 Å². The second kappa shape index (κ2) is 7.65. The van der Waals surface area contributed by atoms with Gasteiger partial charge in [-0.2, -0.15) is 0 Å². The molecule has 1 aromatic carbocycles. The molecule has 1 N–H and O–H groups in total.